The Morgan fingerprint density at radius 1 is 1.18 bits per heavy atom. The van der Waals surface area contributed by atoms with Crippen molar-refractivity contribution in [2.24, 2.45) is 0 Å². The van der Waals surface area contributed by atoms with Gasteiger partial charge in [-0.05, 0) is 19.3 Å². The van der Waals surface area contributed by atoms with E-state index in [1.165, 1.54) is 18.2 Å². The van der Waals surface area contributed by atoms with Crippen LogP contribution in [-0.2, 0) is 25.7 Å². The summed E-state index contributed by atoms with van der Waals surface area (Å²) in [6.07, 6.45) is 1.12. The molecule has 1 saturated heterocycles. The van der Waals surface area contributed by atoms with Crippen LogP contribution in [-0.4, -0.2) is 61.1 Å². The van der Waals surface area contributed by atoms with E-state index in [1.54, 1.807) is 11.0 Å². The second-order valence-electron chi connectivity index (χ2n) is 8.12. The van der Waals surface area contributed by atoms with E-state index < -0.39 is 34.6 Å². The zero-order valence-electron chi connectivity index (χ0n) is 17.7. The van der Waals surface area contributed by atoms with E-state index in [4.69, 9.17) is 4.52 Å². The lowest BCUT2D eigenvalue weighted by Crippen LogP contribution is -2.55. The molecule has 4 amide bonds. The standard InChI is InChI=1S/C21H18N6O7/c28-15-7-6-14(19(29)22-15)26-20(30)13-5-2-8-25(17(13)21(26)31)10-16-23-18(24-34-16)11-3-1-4-12(9-11)27(32)33/h1,3-4,9,14H,2,5-8,10H2,(H,22,28,29). The summed E-state index contributed by atoms with van der Waals surface area (Å²) in [5, 5.41) is 17.1. The number of nitrogens with zero attached hydrogens (tertiary/aromatic N) is 5. The maximum atomic E-state index is 13.2. The number of nitrogens with one attached hydrogen (secondary N) is 1. The van der Waals surface area contributed by atoms with Crippen LogP contribution in [0.15, 0.2) is 40.1 Å². The average molecular weight is 466 g/mol. The number of amides is 4. The summed E-state index contributed by atoms with van der Waals surface area (Å²) in [6, 6.07) is 4.77. The molecule has 13 nitrogen and oxygen atoms in total. The molecule has 0 bridgehead atoms. The predicted molar refractivity (Wildman–Crippen MR) is 111 cm³/mol. The zero-order valence-corrected chi connectivity index (χ0v) is 17.7. The van der Waals surface area contributed by atoms with Crippen LogP contribution in [0.25, 0.3) is 11.4 Å². The molecule has 2 aromatic rings. The van der Waals surface area contributed by atoms with E-state index in [9.17, 15) is 29.3 Å². The van der Waals surface area contributed by atoms with Crippen molar-refractivity contribution in [3.05, 3.63) is 51.5 Å². The van der Waals surface area contributed by atoms with Gasteiger partial charge in [-0.1, -0.05) is 17.3 Å². The van der Waals surface area contributed by atoms with Gasteiger partial charge in [0.25, 0.3) is 17.5 Å². The van der Waals surface area contributed by atoms with E-state index >= 15 is 0 Å². The number of carbonyl (C=O) groups is 4. The third-order valence-electron chi connectivity index (χ3n) is 5.99. The van der Waals surface area contributed by atoms with Crippen LogP contribution in [0.4, 0.5) is 5.69 Å². The maximum absolute atomic E-state index is 13.2. The number of carbonyl (C=O) groups excluding carboxylic acids is 4. The summed E-state index contributed by atoms with van der Waals surface area (Å²) >= 11 is 0. The van der Waals surface area contributed by atoms with Gasteiger partial charge in [0.2, 0.25) is 23.5 Å². The fraction of sp³-hybridized carbons (Fsp3) is 0.333. The quantitative estimate of drug-likeness (QED) is 0.375. The van der Waals surface area contributed by atoms with Gasteiger partial charge in [-0.2, -0.15) is 4.98 Å². The molecule has 1 aromatic carbocycles. The van der Waals surface area contributed by atoms with Crippen LogP contribution in [0.3, 0.4) is 0 Å². The number of hydrogen-bond donors (Lipinski definition) is 1. The Labute approximate surface area is 191 Å². The molecule has 4 heterocycles. The Morgan fingerprint density at radius 3 is 2.76 bits per heavy atom. The first-order chi connectivity index (χ1) is 16.3. The molecule has 0 aliphatic carbocycles. The Kier molecular flexibility index (Phi) is 5.15. The molecule has 1 aromatic heterocycles. The molecule has 5 rings (SSSR count). The van der Waals surface area contributed by atoms with Crippen LogP contribution in [0.2, 0.25) is 0 Å². The molecule has 3 aliphatic rings. The van der Waals surface area contributed by atoms with Crippen molar-refractivity contribution in [1.82, 2.24) is 25.3 Å². The first-order valence-corrected chi connectivity index (χ1v) is 10.6. The molecule has 0 radical (unpaired) electrons. The number of rotatable bonds is 5. The highest BCUT2D eigenvalue weighted by Gasteiger charge is 2.48. The summed E-state index contributed by atoms with van der Waals surface area (Å²) < 4.78 is 5.30. The second-order valence-corrected chi connectivity index (χ2v) is 8.12. The molecule has 174 valence electrons. The van der Waals surface area contributed by atoms with Gasteiger partial charge in [-0.3, -0.25) is 39.5 Å². The highest BCUT2D eigenvalue weighted by Crippen LogP contribution is 2.34. The monoisotopic (exact) mass is 466 g/mol. The average Bonchev–Trinajstić information content (AvgIpc) is 3.38. The van der Waals surface area contributed by atoms with Crippen LogP contribution >= 0.6 is 0 Å². The highest BCUT2D eigenvalue weighted by molar-refractivity contribution is 6.21. The molecule has 1 fully saturated rings. The summed E-state index contributed by atoms with van der Waals surface area (Å²) in [6.45, 7) is 0.499. The van der Waals surface area contributed by atoms with Crippen LogP contribution in [0.5, 0.6) is 0 Å². The number of nitro groups is 1. The molecule has 34 heavy (non-hydrogen) atoms. The van der Waals surface area contributed by atoms with Crippen LogP contribution < -0.4 is 5.32 Å². The first-order valence-electron chi connectivity index (χ1n) is 10.6. The van der Waals surface area contributed by atoms with Crippen molar-refractivity contribution >= 4 is 29.3 Å². The Bertz CT molecular complexity index is 1280. The van der Waals surface area contributed by atoms with Crippen molar-refractivity contribution in [1.29, 1.82) is 0 Å². The van der Waals surface area contributed by atoms with Gasteiger partial charge >= 0.3 is 0 Å². The van der Waals surface area contributed by atoms with Crippen LogP contribution in [0.1, 0.15) is 31.6 Å². The van der Waals surface area contributed by atoms with Gasteiger partial charge < -0.3 is 9.42 Å². The molecule has 0 spiro atoms. The van der Waals surface area contributed by atoms with Gasteiger partial charge in [0.15, 0.2) is 0 Å². The van der Waals surface area contributed by atoms with Gasteiger partial charge in [-0.15, -0.1) is 0 Å². The molecule has 1 atom stereocenters. The molecule has 13 heteroatoms. The maximum Gasteiger partial charge on any atom is 0.278 e. The topological polar surface area (TPSA) is 169 Å². The predicted octanol–water partition coefficient (Wildman–Crippen LogP) is 0.669. The lowest BCUT2D eigenvalue weighted by atomic mass is 10.0. The summed E-state index contributed by atoms with van der Waals surface area (Å²) in [7, 11) is 0. The Hall–Kier alpha value is -4.42. The first kappa shape index (κ1) is 21.4. The second kappa shape index (κ2) is 8.17. The third kappa shape index (κ3) is 3.60. The number of imide groups is 2. The van der Waals surface area contributed by atoms with Gasteiger partial charge in [-0.25, -0.2) is 0 Å². The fourth-order valence-electron chi connectivity index (χ4n) is 4.42. The zero-order chi connectivity index (χ0) is 24.0. The van der Waals surface area contributed by atoms with Gasteiger partial charge in [0.05, 0.1) is 11.5 Å². The van der Waals surface area contributed by atoms with Crippen LogP contribution in [0, 0.1) is 10.1 Å². The minimum atomic E-state index is -1.03. The minimum Gasteiger partial charge on any atom is -0.357 e. The third-order valence-corrected chi connectivity index (χ3v) is 5.99. The number of piperidine rings is 1. The van der Waals surface area contributed by atoms with E-state index in [2.05, 4.69) is 15.5 Å². The molecule has 1 unspecified atom stereocenters. The van der Waals surface area contributed by atoms with E-state index in [0.29, 0.717) is 30.5 Å². The molecule has 3 aliphatic heterocycles. The lowest BCUT2D eigenvalue weighted by molar-refractivity contribution is -0.384. The molecular weight excluding hydrogens is 448 g/mol. The van der Waals surface area contributed by atoms with Crippen molar-refractivity contribution in [3.63, 3.8) is 0 Å². The van der Waals surface area contributed by atoms with Crippen molar-refractivity contribution in [2.45, 2.75) is 38.3 Å². The molecule has 1 N–H and O–H groups in total. The fourth-order valence-corrected chi connectivity index (χ4v) is 4.42. The summed E-state index contributed by atoms with van der Waals surface area (Å²) in [5.74, 6) is -1.90. The normalized spacial score (nSPS) is 20.6. The SMILES string of the molecule is O=C1CCC(N2C(=O)C3=C(C2=O)N(Cc2nc(-c4cccc([N+](=O)[O-])c4)no2)CCC3)C(=O)N1. The Morgan fingerprint density at radius 2 is 2.00 bits per heavy atom. The largest absolute Gasteiger partial charge is 0.357 e. The number of non-ortho nitro benzene ring substituents is 1. The van der Waals surface area contributed by atoms with Gasteiger partial charge in [0.1, 0.15) is 11.7 Å². The smallest absolute Gasteiger partial charge is 0.278 e. The summed E-state index contributed by atoms with van der Waals surface area (Å²) in [4.78, 5) is 67.3. The number of hydrogen-bond acceptors (Lipinski definition) is 10. The minimum absolute atomic E-state index is 0.0446. The van der Waals surface area contributed by atoms with Gasteiger partial charge in [0, 0.05) is 36.2 Å². The Balaban J connectivity index is 1.37. The number of benzene rings is 1. The summed E-state index contributed by atoms with van der Waals surface area (Å²) in [5.41, 5.74) is 0.799. The molecular formula is C21H18N6O7. The number of aromatic nitrogens is 2. The molecule has 0 saturated carbocycles. The van der Waals surface area contributed by atoms with Crippen molar-refractivity contribution in [2.75, 3.05) is 6.54 Å². The van der Waals surface area contributed by atoms with Crippen molar-refractivity contribution < 1.29 is 28.6 Å². The van der Waals surface area contributed by atoms with E-state index in [0.717, 1.165) is 4.90 Å². The lowest BCUT2D eigenvalue weighted by Gasteiger charge is -2.29. The van der Waals surface area contributed by atoms with E-state index in [-0.39, 0.29) is 42.5 Å². The van der Waals surface area contributed by atoms with E-state index in [1.807, 2.05) is 0 Å². The number of nitro benzene ring substituents is 1. The highest BCUT2D eigenvalue weighted by atomic mass is 16.6. The van der Waals surface area contributed by atoms with Crippen molar-refractivity contribution in [3.8, 4) is 11.4 Å².